The first-order chi connectivity index (χ1) is 12.9. The van der Waals surface area contributed by atoms with E-state index in [1.807, 2.05) is 18.2 Å². The maximum absolute atomic E-state index is 13.2. The van der Waals surface area contributed by atoms with Crippen molar-refractivity contribution in [3.8, 4) is 0 Å². The molecule has 1 aliphatic heterocycles. The van der Waals surface area contributed by atoms with Gasteiger partial charge in [0.2, 0.25) is 0 Å². The molecular weight excluding hydrogens is 365 g/mol. The number of pyridine rings is 2. The van der Waals surface area contributed by atoms with Crippen molar-refractivity contribution in [2.75, 3.05) is 11.2 Å². The average Bonchev–Trinajstić information content (AvgIpc) is 3.01. The van der Waals surface area contributed by atoms with Gasteiger partial charge in [-0.05, 0) is 41.5 Å². The van der Waals surface area contributed by atoms with Crippen LogP contribution in [0.15, 0.2) is 65.8 Å². The normalized spacial score (nSPS) is 16.4. The summed E-state index contributed by atoms with van der Waals surface area (Å²) in [5.74, 6) is 0.458. The Morgan fingerprint density at radius 1 is 1.15 bits per heavy atom. The van der Waals surface area contributed by atoms with Gasteiger partial charge in [-0.15, -0.1) is 0 Å². The van der Waals surface area contributed by atoms with Gasteiger partial charge in [-0.1, -0.05) is 18.2 Å². The highest BCUT2D eigenvalue weighted by Crippen LogP contribution is 2.40. The lowest BCUT2D eigenvalue weighted by Gasteiger charge is -2.26. The van der Waals surface area contributed by atoms with Crippen molar-refractivity contribution in [1.82, 2.24) is 9.97 Å². The van der Waals surface area contributed by atoms with Crippen LogP contribution < -0.4 is 4.90 Å². The maximum atomic E-state index is 13.2. The van der Waals surface area contributed by atoms with Crippen LogP contribution in [0, 0.1) is 5.82 Å². The van der Waals surface area contributed by atoms with E-state index < -0.39 is 9.84 Å². The fourth-order valence-corrected chi connectivity index (χ4v) is 3.97. The Hall–Kier alpha value is -2.80. The van der Waals surface area contributed by atoms with Gasteiger partial charge in [0.15, 0.2) is 9.84 Å². The molecule has 7 heteroatoms. The van der Waals surface area contributed by atoms with E-state index in [4.69, 9.17) is 0 Å². The van der Waals surface area contributed by atoms with Crippen LogP contribution in [0.4, 0.5) is 10.2 Å². The van der Waals surface area contributed by atoms with Crippen LogP contribution in [0.5, 0.6) is 0 Å². The number of hydrogen-bond donors (Lipinski definition) is 0. The molecule has 0 amide bonds. The van der Waals surface area contributed by atoms with Crippen LogP contribution in [-0.4, -0.2) is 24.6 Å². The Bertz CT molecular complexity index is 1070. The van der Waals surface area contributed by atoms with Crippen LogP contribution in [-0.2, 0) is 22.8 Å². The Kier molecular flexibility index (Phi) is 4.39. The molecule has 138 valence electrons. The fourth-order valence-electron chi connectivity index (χ4n) is 3.37. The van der Waals surface area contributed by atoms with Gasteiger partial charge in [-0.2, -0.15) is 0 Å². The van der Waals surface area contributed by atoms with E-state index in [0.717, 1.165) is 22.6 Å². The zero-order valence-corrected chi connectivity index (χ0v) is 15.5. The van der Waals surface area contributed by atoms with Gasteiger partial charge >= 0.3 is 0 Å². The zero-order valence-electron chi connectivity index (χ0n) is 14.7. The zero-order chi connectivity index (χ0) is 19.0. The molecule has 0 aliphatic carbocycles. The highest BCUT2D eigenvalue weighted by atomic mass is 32.2. The molecule has 0 spiro atoms. The topological polar surface area (TPSA) is 63.2 Å². The van der Waals surface area contributed by atoms with E-state index in [1.54, 1.807) is 24.4 Å². The van der Waals surface area contributed by atoms with Crippen LogP contribution in [0.3, 0.4) is 0 Å². The second kappa shape index (κ2) is 6.74. The molecule has 3 aromatic rings. The van der Waals surface area contributed by atoms with E-state index in [2.05, 4.69) is 14.9 Å². The fraction of sp³-hybridized carbons (Fsp3) is 0.200. The first-order valence-electron chi connectivity index (χ1n) is 8.53. The van der Waals surface area contributed by atoms with Crippen molar-refractivity contribution < 1.29 is 12.8 Å². The van der Waals surface area contributed by atoms with E-state index in [9.17, 15) is 12.8 Å². The summed E-state index contributed by atoms with van der Waals surface area (Å²) < 4.78 is 37.0. The van der Waals surface area contributed by atoms with Crippen molar-refractivity contribution in [2.45, 2.75) is 23.9 Å². The van der Waals surface area contributed by atoms with E-state index >= 15 is 0 Å². The van der Waals surface area contributed by atoms with Gasteiger partial charge in [0, 0.05) is 31.6 Å². The van der Waals surface area contributed by atoms with Crippen LogP contribution >= 0.6 is 0 Å². The summed E-state index contributed by atoms with van der Waals surface area (Å²) in [6.07, 6.45) is 4.93. The molecule has 0 saturated heterocycles. The second-order valence-corrected chi connectivity index (χ2v) is 8.67. The minimum atomic E-state index is -3.33. The summed E-state index contributed by atoms with van der Waals surface area (Å²) in [7, 11) is -3.33. The van der Waals surface area contributed by atoms with Crippen LogP contribution in [0.1, 0.15) is 22.9 Å². The van der Waals surface area contributed by atoms with Crippen LogP contribution in [0.25, 0.3) is 0 Å². The van der Waals surface area contributed by atoms with Gasteiger partial charge < -0.3 is 4.90 Å². The van der Waals surface area contributed by atoms with Gasteiger partial charge in [-0.3, -0.25) is 4.98 Å². The number of aromatic nitrogens is 2. The quantitative estimate of drug-likeness (QED) is 0.692. The molecule has 0 bridgehead atoms. The van der Waals surface area contributed by atoms with E-state index in [-0.39, 0.29) is 16.8 Å². The SMILES string of the molecule is CS(=O)(=O)c1cnc2c(c1)CC(c1ccccn1)N2Cc1ccc(F)cc1. The first kappa shape index (κ1) is 17.6. The standard InChI is InChI=1S/C20H18FN3O2S/c1-27(25,26)17-10-15-11-19(18-4-2-3-9-22-18)24(20(15)23-12-17)13-14-5-7-16(21)8-6-14/h2-10,12,19H,11,13H2,1H3. The molecule has 0 N–H and O–H groups in total. The van der Waals surface area contributed by atoms with Crippen molar-refractivity contribution in [1.29, 1.82) is 0 Å². The summed E-state index contributed by atoms with van der Waals surface area (Å²) in [4.78, 5) is 11.2. The molecule has 1 atom stereocenters. The largest absolute Gasteiger partial charge is 0.343 e. The van der Waals surface area contributed by atoms with Crippen molar-refractivity contribution in [3.63, 3.8) is 0 Å². The third-order valence-electron chi connectivity index (χ3n) is 4.70. The summed E-state index contributed by atoms with van der Waals surface area (Å²) in [6, 6.07) is 13.7. The average molecular weight is 383 g/mol. The number of anilines is 1. The van der Waals surface area contributed by atoms with Crippen molar-refractivity contribution >= 4 is 15.7 Å². The first-order valence-corrected chi connectivity index (χ1v) is 10.4. The highest BCUT2D eigenvalue weighted by molar-refractivity contribution is 7.90. The summed E-state index contributed by atoms with van der Waals surface area (Å²) in [5.41, 5.74) is 2.70. The lowest BCUT2D eigenvalue weighted by Crippen LogP contribution is -2.26. The van der Waals surface area contributed by atoms with Gasteiger partial charge in [0.25, 0.3) is 0 Å². The summed E-state index contributed by atoms with van der Waals surface area (Å²) >= 11 is 0. The molecule has 1 aromatic carbocycles. The van der Waals surface area contributed by atoms with E-state index in [1.165, 1.54) is 24.6 Å². The molecule has 0 radical (unpaired) electrons. The summed E-state index contributed by atoms with van der Waals surface area (Å²) in [5, 5.41) is 0. The lowest BCUT2D eigenvalue weighted by atomic mass is 10.1. The number of halogens is 1. The number of nitrogens with zero attached hydrogens (tertiary/aromatic N) is 3. The van der Waals surface area contributed by atoms with Gasteiger partial charge in [0.05, 0.1) is 16.6 Å². The lowest BCUT2D eigenvalue weighted by molar-refractivity contribution is 0.601. The smallest absolute Gasteiger partial charge is 0.177 e. The Labute approximate surface area is 157 Å². The molecule has 2 aromatic heterocycles. The number of fused-ring (bicyclic) bond motifs is 1. The molecule has 1 aliphatic rings. The third kappa shape index (κ3) is 3.55. The van der Waals surface area contributed by atoms with E-state index in [0.29, 0.717) is 13.0 Å². The predicted molar refractivity (Wildman–Crippen MR) is 101 cm³/mol. The molecule has 4 rings (SSSR count). The molecular formula is C20H18FN3O2S. The number of rotatable bonds is 4. The Balaban J connectivity index is 1.76. The Morgan fingerprint density at radius 3 is 2.59 bits per heavy atom. The Morgan fingerprint density at radius 2 is 1.93 bits per heavy atom. The molecule has 0 saturated carbocycles. The molecule has 1 unspecified atom stereocenters. The molecule has 0 fully saturated rings. The minimum Gasteiger partial charge on any atom is -0.343 e. The summed E-state index contributed by atoms with van der Waals surface area (Å²) in [6.45, 7) is 0.528. The molecule has 27 heavy (non-hydrogen) atoms. The highest BCUT2D eigenvalue weighted by Gasteiger charge is 2.33. The van der Waals surface area contributed by atoms with Gasteiger partial charge in [-0.25, -0.2) is 17.8 Å². The minimum absolute atomic E-state index is 0.0615. The molecule has 3 heterocycles. The third-order valence-corrected chi connectivity index (χ3v) is 5.78. The number of hydrogen-bond acceptors (Lipinski definition) is 5. The van der Waals surface area contributed by atoms with Crippen molar-refractivity contribution in [2.24, 2.45) is 0 Å². The molecule has 5 nitrogen and oxygen atoms in total. The van der Waals surface area contributed by atoms with Crippen LogP contribution in [0.2, 0.25) is 0 Å². The van der Waals surface area contributed by atoms with Crippen molar-refractivity contribution in [3.05, 3.63) is 83.6 Å². The number of benzene rings is 1. The second-order valence-electron chi connectivity index (χ2n) is 6.65. The monoisotopic (exact) mass is 383 g/mol. The predicted octanol–water partition coefficient (Wildman–Crippen LogP) is 3.32. The maximum Gasteiger partial charge on any atom is 0.177 e. The number of sulfone groups is 1. The van der Waals surface area contributed by atoms with Gasteiger partial charge in [0.1, 0.15) is 11.6 Å².